The van der Waals surface area contributed by atoms with Crippen LogP contribution in [0.3, 0.4) is 0 Å². The summed E-state index contributed by atoms with van der Waals surface area (Å²) >= 11 is 0. The maximum atomic E-state index is 9.54. The normalized spacial score (nSPS) is 22.1. The fraction of sp³-hybridized carbons (Fsp3) is 0.500. The SMILES string of the molecule is CC(O)C(C)Oc1ccc2c(c1)OCC2O. The number of rotatable bonds is 3. The van der Waals surface area contributed by atoms with Crippen molar-refractivity contribution in [2.75, 3.05) is 6.61 Å². The average Bonchev–Trinajstić information content (AvgIpc) is 2.60. The molecule has 1 aromatic rings. The van der Waals surface area contributed by atoms with Gasteiger partial charge in [0.1, 0.15) is 30.3 Å². The van der Waals surface area contributed by atoms with Crippen LogP contribution in [0, 0.1) is 0 Å². The zero-order chi connectivity index (χ0) is 11.7. The van der Waals surface area contributed by atoms with Gasteiger partial charge in [-0.15, -0.1) is 0 Å². The maximum absolute atomic E-state index is 9.54. The zero-order valence-corrected chi connectivity index (χ0v) is 9.38. The second kappa shape index (κ2) is 4.31. The Morgan fingerprint density at radius 1 is 1.44 bits per heavy atom. The van der Waals surface area contributed by atoms with Crippen molar-refractivity contribution in [2.24, 2.45) is 0 Å². The summed E-state index contributed by atoms with van der Waals surface area (Å²) in [6.45, 7) is 3.77. The molecule has 0 saturated carbocycles. The van der Waals surface area contributed by atoms with E-state index in [-0.39, 0.29) is 6.10 Å². The lowest BCUT2D eigenvalue weighted by molar-refractivity contribution is 0.0603. The highest BCUT2D eigenvalue weighted by Crippen LogP contribution is 2.35. The number of aliphatic hydroxyl groups excluding tert-OH is 2. The first-order valence-electron chi connectivity index (χ1n) is 5.37. The lowest BCUT2D eigenvalue weighted by Gasteiger charge is -2.17. The first-order chi connectivity index (χ1) is 7.58. The molecule has 4 heteroatoms. The summed E-state index contributed by atoms with van der Waals surface area (Å²) in [7, 11) is 0. The Morgan fingerprint density at radius 3 is 2.88 bits per heavy atom. The van der Waals surface area contributed by atoms with E-state index in [2.05, 4.69) is 0 Å². The molecule has 16 heavy (non-hydrogen) atoms. The van der Waals surface area contributed by atoms with Gasteiger partial charge in [0.2, 0.25) is 0 Å². The van der Waals surface area contributed by atoms with E-state index in [4.69, 9.17) is 9.47 Å². The summed E-state index contributed by atoms with van der Waals surface area (Å²) in [6.07, 6.45) is -1.35. The first-order valence-corrected chi connectivity index (χ1v) is 5.37. The molecule has 0 fully saturated rings. The third-order valence-corrected chi connectivity index (χ3v) is 2.74. The molecule has 0 spiro atoms. The Bertz CT molecular complexity index is 375. The van der Waals surface area contributed by atoms with Gasteiger partial charge in [-0.25, -0.2) is 0 Å². The molecule has 1 aliphatic rings. The highest BCUT2D eigenvalue weighted by atomic mass is 16.5. The lowest BCUT2D eigenvalue weighted by atomic mass is 10.1. The van der Waals surface area contributed by atoms with Gasteiger partial charge < -0.3 is 19.7 Å². The van der Waals surface area contributed by atoms with Crippen LogP contribution in [0.5, 0.6) is 11.5 Å². The Kier molecular flexibility index (Phi) is 3.03. The van der Waals surface area contributed by atoms with E-state index in [1.54, 1.807) is 32.0 Å². The quantitative estimate of drug-likeness (QED) is 0.811. The number of fused-ring (bicyclic) bond motifs is 1. The fourth-order valence-corrected chi connectivity index (χ4v) is 1.56. The van der Waals surface area contributed by atoms with E-state index in [1.807, 2.05) is 0 Å². The van der Waals surface area contributed by atoms with Gasteiger partial charge in [0.15, 0.2) is 0 Å². The molecule has 0 aromatic heterocycles. The predicted molar refractivity (Wildman–Crippen MR) is 58.7 cm³/mol. The summed E-state index contributed by atoms with van der Waals surface area (Å²) in [5.41, 5.74) is 0.789. The smallest absolute Gasteiger partial charge is 0.129 e. The topological polar surface area (TPSA) is 58.9 Å². The highest BCUT2D eigenvalue weighted by molar-refractivity contribution is 5.44. The Labute approximate surface area is 94.4 Å². The summed E-state index contributed by atoms with van der Waals surface area (Å²) in [5.74, 6) is 1.30. The number of hydrogen-bond donors (Lipinski definition) is 2. The zero-order valence-electron chi connectivity index (χ0n) is 9.38. The molecule has 4 nitrogen and oxygen atoms in total. The molecule has 0 aliphatic carbocycles. The van der Waals surface area contributed by atoms with Crippen molar-refractivity contribution >= 4 is 0 Å². The van der Waals surface area contributed by atoms with Gasteiger partial charge in [0.25, 0.3) is 0 Å². The van der Waals surface area contributed by atoms with Gasteiger partial charge in [-0.3, -0.25) is 0 Å². The minimum absolute atomic E-state index is 0.274. The summed E-state index contributed by atoms with van der Waals surface area (Å²) in [6, 6.07) is 5.30. The summed E-state index contributed by atoms with van der Waals surface area (Å²) < 4.78 is 10.8. The molecule has 1 aliphatic heterocycles. The van der Waals surface area contributed by atoms with Crippen molar-refractivity contribution in [1.82, 2.24) is 0 Å². The van der Waals surface area contributed by atoms with Gasteiger partial charge >= 0.3 is 0 Å². The molecule has 3 unspecified atom stereocenters. The van der Waals surface area contributed by atoms with Crippen LogP contribution in [0.15, 0.2) is 18.2 Å². The highest BCUT2D eigenvalue weighted by Gasteiger charge is 2.22. The average molecular weight is 224 g/mol. The summed E-state index contributed by atoms with van der Waals surface area (Å²) in [4.78, 5) is 0. The summed E-state index contributed by atoms with van der Waals surface area (Å²) in [5, 5.41) is 18.9. The van der Waals surface area contributed by atoms with Crippen molar-refractivity contribution in [1.29, 1.82) is 0 Å². The van der Waals surface area contributed by atoms with Crippen LogP contribution in [0.2, 0.25) is 0 Å². The van der Waals surface area contributed by atoms with E-state index in [1.165, 1.54) is 0 Å². The van der Waals surface area contributed by atoms with Gasteiger partial charge in [-0.05, 0) is 26.0 Å². The second-order valence-electron chi connectivity index (χ2n) is 4.09. The van der Waals surface area contributed by atoms with E-state index >= 15 is 0 Å². The molecule has 0 saturated heterocycles. The monoisotopic (exact) mass is 224 g/mol. The number of benzene rings is 1. The largest absolute Gasteiger partial charge is 0.490 e. The van der Waals surface area contributed by atoms with Crippen molar-refractivity contribution in [3.8, 4) is 11.5 Å². The molecule has 2 N–H and O–H groups in total. The Morgan fingerprint density at radius 2 is 2.19 bits per heavy atom. The Balaban J connectivity index is 2.13. The standard InChI is InChI=1S/C12H16O4/c1-7(13)8(2)16-9-3-4-10-11(14)6-15-12(10)5-9/h3-5,7-8,11,13-14H,6H2,1-2H3. The predicted octanol–water partition coefficient (Wildman–Crippen LogP) is 1.26. The molecule has 0 bridgehead atoms. The van der Waals surface area contributed by atoms with Crippen LogP contribution in [0.25, 0.3) is 0 Å². The number of hydrogen-bond acceptors (Lipinski definition) is 4. The minimum atomic E-state index is -0.543. The van der Waals surface area contributed by atoms with E-state index in [0.717, 1.165) is 5.56 Å². The number of ether oxygens (including phenoxy) is 2. The lowest BCUT2D eigenvalue weighted by Crippen LogP contribution is -2.25. The van der Waals surface area contributed by atoms with E-state index in [9.17, 15) is 10.2 Å². The van der Waals surface area contributed by atoms with Crippen LogP contribution in [0.4, 0.5) is 0 Å². The molecular weight excluding hydrogens is 208 g/mol. The van der Waals surface area contributed by atoms with Crippen molar-refractivity contribution < 1.29 is 19.7 Å². The van der Waals surface area contributed by atoms with Crippen LogP contribution in [-0.2, 0) is 0 Å². The molecule has 88 valence electrons. The van der Waals surface area contributed by atoms with E-state index < -0.39 is 12.2 Å². The van der Waals surface area contributed by atoms with Crippen molar-refractivity contribution in [3.63, 3.8) is 0 Å². The molecule has 0 radical (unpaired) electrons. The van der Waals surface area contributed by atoms with Crippen LogP contribution in [0.1, 0.15) is 25.5 Å². The minimum Gasteiger partial charge on any atom is -0.490 e. The van der Waals surface area contributed by atoms with E-state index in [0.29, 0.717) is 18.1 Å². The molecular formula is C12H16O4. The first kappa shape index (κ1) is 11.2. The maximum Gasteiger partial charge on any atom is 0.129 e. The van der Waals surface area contributed by atoms with Crippen molar-refractivity contribution in [3.05, 3.63) is 23.8 Å². The van der Waals surface area contributed by atoms with Gasteiger partial charge in [0.05, 0.1) is 6.10 Å². The van der Waals surface area contributed by atoms with Crippen LogP contribution >= 0.6 is 0 Å². The molecule has 1 aromatic carbocycles. The number of aliphatic hydroxyl groups is 2. The van der Waals surface area contributed by atoms with Gasteiger partial charge in [-0.2, -0.15) is 0 Å². The second-order valence-corrected chi connectivity index (χ2v) is 4.09. The molecule has 3 atom stereocenters. The van der Waals surface area contributed by atoms with Gasteiger partial charge in [-0.1, -0.05) is 0 Å². The van der Waals surface area contributed by atoms with Gasteiger partial charge in [0, 0.05) is 11.6 Å². The van der Waals surface area contributed by atoms with Crippen molar-refractivity contribution in [2.45, 2.75) is 32.2 Å². The Hall–Kier alpha value is -1.26. The van der Waals surface area contributed by atoms with Crippen LogP contribution in [-0.4, -0.2) is 29.0 Å². The van der Waals surface area contributed by atoms with Crippen LogP contribution < -0.4 is 9.47 Å². The molecule has 2 rings (SSSR count). The third kappa shape index (κ3) is 2.13. The third-order valence-electron chi connectivity index (χ3n) is 2.74. The molecule has 0 amide bonds. The molecule has 1 heterocycles. The fourth-order valence-electron chi connectivity index (χ4n) is 1.56.